The van der Waals surface area contributed by atoms with Gasteiger partial charge in [0.25, 0.3) is 0 Å². The molecular weight excluding hydrogens is 263 g/mol. The van der Waals surface area contributed by atoms with E-state index < -0.39 is 0 Å². The van der Waals surface area contributed by atoms with Gasteiger partial charge in [-0.1, -0.05) is 30.5 Å². The van der Waals surface area contributed by atoms with E-state index in [-0.39, 0.29) is 16.4 Å². The van der Waals surface area contributed by atoms with Crippen molar-refractivity contribution in [1.82, 2.24) is 5.32 Å². The van der Waals surface area contributed by atoms with Crippen LogP contribution in [0.25, 0.3) is 0 Å². The first kappa shape index (κ1) is 13.2. The van der Waals surface area contributed by atoms with E-state index in [9.17, 15) is 4.39 Å². The van der Waals surface area contributed by atoms with Crippen molar-refractivity contribution in [2.45, 2.75) is 37.6 Å². The van der Waals surface area contributed by atoms with Gasteiger partial charge in [0.2, 0.25) is 0 Å². The summed E-state index contributed by atoms with van der Waals surface area (Å²) in [5, 5.41) is 3.91. The molecule has 1 heterocycles. The fraction of sp³-hybridized carbons (Fsp3) is 0.600. The van der Waals surface area contributed by atoms with Gasteiger partial charge in [0.15, 0.2) is 5.82 Å². The number of anilines is 1. The van der Waals surface area contributed by atoms with E-state index in [2.05, 4.69) is 10.2 Å². The molecule has 1 saturated carbocycles. The van der Waals surface area contributed by atoms with Crippen molar-refractivity contribution in [2.24, 2.45) is 0 Å². The second-order valence-corrected chi connectivity index (χ2v) is 6.17. The molecule has 0 unspecified atom stereocenters. The SMILES string of the molecule is Fc1c(Cl)cccc1N1CCCNC2(CCCC2)C1. The monoisotopic (exact) mass is 282 g/mol. The third-order valence-electron chi connectivity index (χ3n) is 4.43. The summed E-state index contributed by atoms with van der Waals surface area (Å²) in [6.07, 6.45) is 6.00. The summed E-state index contributed by atoms with van der Waals surface area (Å²) in [7, 11) is 0. The zero-order valence-corrected chi connectivity index (χ0v) is 11.8. The van der Waals surface area contributed by atoms with Crippen molar-refractivity contribution in [3.8, 4) is 0 Å². The summed E-state index contributed by atoms with van der Waals surface area (Å²) in [5.74, 6) is -0.279. The predicted molar refractivity (Wildman–Crippen MR) is 77.4 cm³/mol. The van der Waals surface area contributed by atoms with Crippen LogP contribution in [-0.4, -0.2) is 25.2 Å². The molecule has 1 aliphatic carbocycles. The highest BCUT2D eigenvalue weighted by Crippen LogP contribution is 2.34. The van der Waals surface area contributed by atoms with Crippen LogP contribution >= 0.6 is 11.6 Å². The van der Waals surface area contributed by atoms with E-state index in [1.807, 2.05) is 12.1 Å². The van der Waals surface area contributed by atoms with Crippen LogP contribution in [0.15, 0.2) is 18.2 Å². The fourth-order valence-corrected chi connectivity index (χ4v) is 3.62. The minimum absolute atomic E-state index is 0.186. The first-order valence-corrected chi connectivity index (χ1v) is 7.52. The molecule has 1 aromatic rings. The summed E-state index contributed by atoms with van der Waals surface area (Å²) >= 11 is 5.91. The topological polar surface area (TPSA) is 15.3 Å². The smallest absolute Gasteiger partial charge is 0.165 e. The minimum atomic E-state index is -0.279. The molecule has 3 rings (SSSR count). The maximum absolute atomic E-state index is 14.2. The summed E-state index contributed by atoms with van der Waals surface area (Å²) in [4.78, 5) is 2.17. The Balaban J connectivity index is 1.88. The van der Waals surface area contributed by atoms with Gasteiger partial charge in [0, 0.05) is 18.6 Å². The highest BCUT2D eigenvalue weighted by Gasteiger charge is 2.37. The highest BCUT2D eigenvalue weighted by atomic mass is 35.5. The molecular formula is C15H20ClFN2. The normalized spacial score (nSPS) is 22.7. The van der Waals surface area contributed by atoms with Crippen LogP contribution in [-0.2, 0) is 0 Å². The Kier molecular flexibility index (Phi) is 3.68. The molecule has 104 valence electrons. The van der Waals surface area contributed by atoms with Crippen molar-refractivity contribution in [3.63, 3.8) is 0 Å². The molecule has 0 amide bonds. The molecule has 1 aromatic carbocycles. The summed E-state index contributed by atoms with van der Waals surface area (Å²) in [5.41, 5.74) is 0.841. The lowest BCUT2D eigenvalue weighted by atomic mass is 9.97. The van der Waals surface area contributed by atoms with Gasteiger partial charge >= 0.3 is 0 Å². The molecule has 0 aromatic heterocycles. The lowest BCUT2D eigenvalue weighted by Gasteiger charge is -2.34. The maximum Gasteiger partial charge on any atom is 0.165 e. The average molecular weight is 283 g/mol. The van der Waals surface area contributed by atoms with Crippen LogP contribution in [0.1, 0.15) is 32.1 Å². The predicted octanol–water partition coefficient (Wildman–Crippen LogP) is 3.59. The van der Waals surface area contributed by atoms with Gasteiger partial charge < -0.3 is 10.2 Å². The lowest BCUT2D eigenvalue weighted by Crippen LogP contribution is -2.49. The third-order valence-corrected chi connectivity index (χ3v) is 4.72. The quantitative estimate of drug-likeness (QED) is 0.847. The first-order valence-electron chi connectivity index (χ1n) is 7.14. The van der Waals surface area contributed by atoms with Gasteiger partial charge in [-0.15, -0.1) is 0 Å². The number of hydrogen-bond donors (Lipinski definition) is 1. The Labute approximate surface area is 118 Å². The van der Waals surface area contributed by atoms with E-state index in [1.165, 1.54) is 25.7 Å². The Morgan fingerprint density at radius 3 is 2.79 bits per heavy atom. The van der Waals surface area contributed by atoms with E-state index in [0.29, 0.717) is 5.69 Å². The number of rotatable bonds is 1. The molecule has 0 atom stereocenters. The van der Waals surface area contributed by atoms with Gasteiger partial charge in [0.05, 0.1) is 10.7 Å². The van der Waals surface area contributed by atoms with Gasteiger partial charge in [-0.05, 0) is 37.9 Å². The van der Waals surface area contributed by atoms with Crippen molar-refractivity contribution < 1.29 is 4.39 Å². The molecule has 1 N–H and O–H groups in total. The second-order valence-electron chi connectivity index (χ2n) is 5.76. The molecule has 2 aliphatic rings. The number of benzene rings is 1. The van der Waals surface area contributed by atoms with Crippen LogP contribution in [0.4, 0.5) is 10.1 Å². The third kappa shape index (κ3) is 2.59. The summed E-state index contributed by atoms with van der Waals surface area (Å²) in [6.45, 7) is 2.81. The van der Waals surface area contributed by atoms with E-state index in [4.69, 9.17) is 11.6 Å². The largest absolute Gasteiger partial charge is 0.367 e. The molecule has 0 radical (unpaired) electrons. The van der Waals surface area contributed by atoms with Gasteiger partial charge in [-0.3, -0.25) is 0 Å². The Bertz CT molecular complexity index is 457. The Morgan fingerprint density at radius 2 is 2.00 bits per heavy atom. The molecule has 1 saturated heterocycles. The molecule has 2 nitrogen and oxygen atoms in total. The molecule has 4 heteroatoms. The zero-order chi connectivity index (χ0) is 13.3. The van der Waals surface area contributed by atoms with Crippen LogP contribution in [0.2, 0.25) is 5.02 Å². The molecule has 1 spiro atoms. The van der Waals surface area contributed by atoms with Crippen LogP contribution in [0.5, 0.6) is 0 Å². The highest BCUT2D eigenvalue weighted by molar-refractivity contribution is 6.31. The standard InChI is InChI=1S/C15H20ClFN2/c16-12-5-3-6-13(14(12)17)19-10-4-9-18-15(11-19)7-1-2-8-15/h3,5-6,18H,1-2,4,7-11H2. The van der Waals surface area contributed by atoms with Crippen LogP contribution in [0, 0.1) is 5.82 Å². The number of nitrogens with zero attached hydrogens (tertiary/aromatic N) is 1. The molecule has 19 heavy (non-hydrogen) atoms. The molecule has 1 aliphatic heterocycles. The van der Waals surface area contributed by atoms with Crippen LogP contribution in [0.3, 0.4) is 0 Å². The number of nitrogens with one attached hydrogen (secondary N) is 1. The molecule has 2 fully saturated rings. The van der Waals surface area contributed by atoms with Crippen LogP contribution < -0.4 is 10.2 Å². The van der Waals surface area contributed by atoms with E-state index in [1.54, 1.807) is 6.07 Å². The maximum atomic E-state index is 14.2. The number of hydrogen-bond acceptors (Lipinski definition) is 2. The van der Waals surface area contributed by atoms with Crippen molar-refractivity contribution in [3.05, 3.63) is 29.0 Å². The summed E-state index contributed by atoms with van der Waals surface area (Å²) < 4.78 is 14.2. The molecule has 0 bridgehead atoms. The van der Waals surface area contributed by atoms with Gasteiger partial charge in [-0.25, -0.2) is 4.39 Å². The Hall–Kier alpha value is -0.800. The van der Waals surface area contributed by atoms with E-state index in [0.717, 1.165) is 26.1 Å². The summed E-state index contributed by atoms with van der Waals surface area (Å²) in [6, 6.07) is 5.29. The lowest BCUT2D eigenvalue weighted by molar-refractivity contribution is 0.354. The zero-order valence-electron chi connectivity index (χ0n) is 11.1. The first-order chi connectivity index (χ1) is 9.20. The van der Waals surface area contributed by atoms with Gasteiger partial charge in [0.1, 0.15) is 0 Å². The van der Waals surface area contributed by atoms with Crippen molar-refractivity contribution >= 4 is 17.3 Å². The van der Waals surface area contributed by atoms with E-state index >= 15 is 0 Å². The second kappa shape index (κ2) is 5.29. The minimum Gasteiger partial charge on any atom is -0.367 e. The number of halogens is 2. The Morgan fingerprint density at radius 1 is 1.21 bits per heavy atom. The van der Waals surface area contributed by atoms with Gasteiger partial charge in [-0.2, -0.15) is 0 Å². The average Bonchev–Trinajstić information content (AvgIpc) is 2.74. The fourth-order valence-electron chi connectivity index (χ4n) is 3.45. The van der Waals surface area contributed by atoms with Crippen molar-refractivity contribution in [1.29, 1.82) is 0 Å². The van der Waals surface area contributed by atoms with Crippen molar-refractivity contribution in [2.75, 3.05) is 24.5 Å².